The lowest BCUT2D eigenvalue weighted by molar-refractivity contribution is 0.101. The van der Waals surface area contributed by atoms with Crippen molar-refractivity contribution in [3.05, 3.63) is 58.9 Å². The average Bonchev–Trinajstić information content (AvgIpc) is 2.48. The van der Waals surface area contributed by atoms with Gasteiger partial charge in [0, 0.05) is 18.3 Å². The Morgan fingerprint density at radius 2 is 2.00 bits per heavy atom. The number of anilines is 2. The van der Waals surface area contributed by atoms with E-state index >= 15 is 0 Å². The molecule has 0 saturated heterocycles. The van der Waals surface area contributed by atoms with Gasteiger partial charge in [0.1, 0.15) is 5.82 Å². The Bertz CT molecular complexity index is 747. The summed E-state index contributed by atoms with van der Waals surface area (Å²) in [6.07, 6.45) is 0. The Kier molecular flexibility index (Phi) is 4.04. The molecule has 2 rings (SSSR count). The number of nitriles is 1. The number of ketones is 1. The van der Waals surface area contributed by atoms with E-state index in [0.717, 1.165) is 5.69 Å². The van der Waals surface area contributed by atoms with Gasteiger partial charge in [-0.3, -0.25) is 4.79 Å². The van der Waals surface area contributed by atoms with Crippen molar-refractivity contribution >= 4 is 17.2 Å². The van der Waals surface area contributed by atoms with Crippen molar-refractivity contribution < 1.29 is 9.18 Å². The summed E-state index contributed by atoms with van der Waals surface area (Å²) in [6, 6.07) is 12.0. The fourth-order valence-corrected chi connectivity index (χ4v) is 2.15. The van der Waals surface area contributed by atoms with Crippen LogP contribution in [-0.2, 0) is 0 Å². The highest BCUT2D eigenvalue weighted by Crippen LogP contribution is 2.30. The van der Waals surface area contributed by atoms with Gasteiger partial charge in [0.25, 0.3) is 0 Å². The van der Waals surface area contributed by atoms with Crippen molar-refractivity contribution in [1.29, 1.82) is 5.26 Å². The summed E-state index contributed by atoms with van der Waals surface area (Å²) < 4.78 is 13.7. The average molecular weight is 282 g/mol. The van der Waals surface area contributed by atoms with E-state index in [9.17, 15) is 9.18 Å². The molecule has 0 fully saturated rings. The third-order valence-corrected chi connectivity index (χ3v) is 3.38. The first-order valence-electron chi connectivity index (χ1n) is 6.49. The normalized spacial score (nSPS) is 10.0. The van der Waals surface area contributed by atoms with Crippen LogP contribution in [0.3, 0.4) is 0 Å². The Balaban J connectivity index is 2.57. The summed E-state index contributed by atoms with van der Waals surface area (Å²) >= 11 is 0. The topological polar surface area (TPSA) is 44.1 Å². The lowest BCUT2D eigenvalue weighted by Crippen LogP contribution is -2.14. The standard InChI is InChI=1S/C17H15FN2O/c1-11-7-17(15(12(2)21)9-16(11)18)20(3)14-6-4-5-13(8-14)10-19/h4-9H,1-3H3. The van der Waals surface area contributed by atoms with Gasteiger partial charge in [-0.15, -0.1) is 0 Å². The lowest BCUT2D eigenvalue weighted by atomic mass is 10.0. The molecule has 0 atom stereocenters. The van der Waals surface area contributed by atoms with Crippen LogP contribution in [0.1, 0.15) is 28.4 Å². The molecule has 0 aliphatic heterocycles. The SMILES string of the molecule is CC(=O)c1cc(F)c(C)cc1N(C)c1cccc(C#N)c1. The quantitative estimate of drug-likeness (QED) is 0.800. The van der Waals surface area contributed by atoms with Crippen LogP contribution in [0.15, 0.2) is 36.4 Å². The molecule has 0 saturated carbocycles. The minimum Gasteiger partial charge on any atom is -0.344 e. The summed E-state index contributed by atoms with van der Waals surface area (Å²) in [5, 5.41) is 8.97. The van der Waals surface area contributed by atoms with Crippen LogP contribution in [0.2, 0.25) is 0 Å². The summed E-state index contributed by atoms with van der Waals surface area (Å²) in [7, 11) is 1.79. The molecular weight excluding hydrogens is 267 g/mol. The predicted octanol–water partition coefficient (Wildman–Crippen LogP) is 3.98. The van der Waals surface area contributed by atoms with Crippen molar-refractivity contribution in [2.24, 2.45) is 0 Å². The Morgan fingerprint density at radius 3 is 2.62 bits per heavy atom. The van der Waals surface area contributed by atoms with E-state index in [2.05, 4.69) is 6.07 Å². The van der Waals surface area contributed by atoms with Gasteiger partial charge in [0.05, 0.1) is 17.3 Å². The lowest BCUT2D eigenvalue weighted by Gasteiger charge is -2.23. The molecule has 0 N–H and O–H groups in total. The van der Waals surface area contributed by atoms with Gasteiger partial charge in [-0.2, -0.15) is 5.26 Å². The number of carbonyl (C=O) groups excluding carboxylic acids is 1. The van der Waals surface area contributed by atoms with Gasteiger partial charge >= 0.3 is 0 Å². The molecule has 0 heterocycles. The number of benzene rings is 2. The number of carbonyl (C=O) groups is 1. The molecular formula is C17H15FN2O. The number of aryl methyl sites for hydroxylation is 1. The minimum absolute atomic E-state index is 0.202. The number of Topliss-reactive ketones (excluding diaryl/α,β-unsaturated/α-hetero) is 1. The van der Waals surface area contributed by atoms with Gasteiger partial charge < -0.3 is 4.90 Å². The Hall–Kier alpha value is -2.67. The first-order chi connectivity index (χ1) is 9.93. The van der Waals surface area contributed by atoms with Crippen LogP contribution in [0.25, 0.3) is 0 Å². The Morgan fingerprint density at radius 1 is 1.29 bits per heavy atom. The van der Waals surface area contributed by atoms with E-state index in [0.29, 0.717) is 22.4 Å². The molecule has 0 amide bonds. The second kappa shape index (κ2) is 5.76. The van der Waals surface area contributed by atoms with Crippen molar-refractivity contribution in [1.82, 2.24) is 0 Å². The van der Waals surface area contributed by atoms with Crippen molar-refractivity contribution in [2.75, 3.05) is 11.9 Å². The van der Waals surface area contributed by atoms with Crippen LogP contribution >= 0.6 is 0 Å². The van der Waals surface area contributed by atoms with Gasteiger partial charge in [0.15, 0.2) is 5.78 Å². The van der Waals surface area contributed by atoms with E-state index in [1.165, 1.54) is 13.0 Å². The molecule has 0 radical (unpaired) electrons. The van der Waals surface area contributed by atoms with Crippen LogP contribution in [0.4, 0.5) is 15.8 Å². The first kappa shape index (κ1) is 14.7. The maximum atomic E-state index is 13.7. The van der Waals surface area contributed by atoms with Gasteiger partial charge in [-0.1, -0.05) is 6.07 Å². The maximum Gasteiger partial charge on any atom is 0.162 e. The van der Waals surface area contributed by atoms with Crippen LogP contribution in [-0.4, -0.2) is 12.8 Å². The highest BCUT2D eigenvalue weighted by molar-refractivity contribution is 6.00. The summed E-state index contributed by atoms with van der Waals surface area (Å²) in [4.78, 5) is 13.5. The molecule has 0 aliphatic carbocycles. The van der Waals surface area contributed by atoms with Crippen molar-refractivity contribution in [2.45, 2.75) is 13.8 Å². The molecule has 0 unspecified atom stereocenters. The van der Waals surface area contributed by atoms with E-state index in [1.54, 1.807) is 43.1 Å². The number of rotatable bonds is 3. The number of nitrogens with zero attached hydrogens (tertiary/aromatic N) is 2. The Labute approximate surface area is 123 Å². The summed E-state index contributed by atoms with van der Waals surface area (Å²) in [6.45, 7) is 3.06. The fraction of sp³-hybridized carbons (Fsp3) is 0.176. The third-order valence-electron chi connectivity index (χ3n) is 3.38. The van der Waals surface area contributed by atoms with E-state index in [1.807, 2.05) is 6.07 Å². The van der Waals surface area contributed by atoms with Crippen LogP contribution in [0.5, 0.6) is 0 Å². The van der Waals surface area contributed by atoms with Gasteiger partial charge in [-0.25, -0.2) is 4.39 Å². The number of hydrogen-bond donors (Lipinski definition) is 0. The predicted molar refractivity (Wildman–Crippen MR) is 80.4 cm³/mol. The molecule has 106 valence electrons. The van der Waals surface area contributed by atoms with Gasteiger partial charge in [0.2, 0.25) is 0 Å². The second-order valence-corrected chi connectivity index (χ2v) is 4.90. The zero-order valence-electron chi connectivity index (χ0n) is 12.1. The zero-order valence-corrected chi connectivity index (χ0v) is 12.1. The minimum atomic E-state index is -0.400. The molecule has 4 heteroatoms. The first-order valence-corrected chi connectivity index (χ1v) is 6.49. The van der Waals surface area contributed by atoms with Crippen molar-refractivity contribution in [3.8, 4) is 6.07 Å². The molecule has 0 spiro atoms. The molecule has 2 aromatic rings. The number of hydrogen-bond acceptors (Lipinski definition) is 3. The maximum absolute atomic E-state index is 13.7. The van der Waals surface area contributed by atoms with Crippen LogP contribution < -0.4 is 4.90 Å². The van der Waals surface area contributed by atoms with Crippen molar-refractivity contribution in [3.63, 3.8) is 0 Å². The summed E-state index contributed by atoms with van der Waals surface area (Å²) in [5.41, 5.74) is 2.71. The molecule has 2 aromatic carbocycles. The fourth-order valence-electron chi connectivity index (χ4n) is 2.15. The molecule has 21 heavy (non-hydrogen) atoms. The molecule has 0 aromatic heterocycles. The second-order valence-electron chi connectivity index (χ2n) is 4.90. The molecule has 0 bridgehead atoms. The van der Waals surface area contributed by atoms with Crippen LogP contribution in [0, 0.1) is 24.1 Å². The largest absolute Gasteiger partial charge is 0.344 e. The highest BCUT2D eigenvalue weighted by atomic mass is 19.1. The monoisotopic (exact) mass is 282 g/mol. The van der Waals surface area contributed by atoms with E-state index in [-0.39, 0.29) is 5.78 Å². The smallest absolute Gasteiger partial charge is 0.162 e. The highest BCUT2D eigenvalue weighted by Gasteiger charge is 2.15. The summed E-state index contributed by atoms with van der Waals surface area (Å²) in [5.74, 6) is -0.602. The van der Waals surface area contributed by atoms with E-state index in [4.69, 9.17) is 5.26 Å². The molecule has 3 nitrogen and oxygen atoms in total. The van der Waals surface area contributed by atoms with E-state index < -0.39 is 5.82 Å². The zero-order chi connectivity index (χ0) is 15.6. The molecule has 0 aliphatic rings. The number of halogens is 1. The third kappa shape index (κ3) is 2.92. The van der Waals surface area contributed by atoms with Gasteiger partial charge in [-0.05, 0) is 49.7 Å².